The summed E-state index contributed by atoms with van der Waals surface area (Å²) in [5.74, 6) is 0.129. The van der Waals surface area contributed by atoms with Crippen LogP contribution in [0.15, 0.2) is 54.7 Å². The van der Waals surface area contributed by atoms with Crippen molar-refractivity contribution < 1.29 is 24.2 Å². The lowest BCUT2D eigenvalue weighted by atomic mass is 10.2. The zero-order valence-corrected chi connectivity index (χ0v) is 14.3. The van der Waals surface area contributed by atoms with Crippen molar-refractivity contribution in [1.29, 1.82) is 0 Å². The van der Waals surface area contributed by atoms with Crippen molar-refractivity contribution in [3.05, 3.63) is 65.9 Å². The Bertz CT molecular complexity index is 914. The average molecular weight is 353 g/mol. The Morgan fingerprint density at radius 2 is 1.92 bits per heavy atom. The third-order valence-corrected chi connectivity index (χ3v) is 4.07. The molecule has 26 heavy (non-hydrogen) atoms. The number of para-hydroxylation sites is 1. The summed E-state index contributed by atoms with van der Waals surface area (Å²) >= 11 is 0. The third-order valence-electron chi connectivity index (χ3n) is 4.07. The van der Waals surface area contributed by atoms with E-state index < -0.39 is 12.1 Å². The highest BCUT2D eigenvalue weighted by atomic mass is 16.5. The number of ether oxygens (including phenoxy) is 2. The SMILES string of the molecule is COC(=O)c1ccc(OCC(O)Cn2cc(C=O)c3ccccc32)cc1. The van der Waals surface area contributed by atoms with Crippen molar-refractivity contribution in [1.82, 2.24) is 4.57 Å². The minimum Gasteiger partial charge on any atom is -0.491 e. The van der Waals surface area contributed by atoms with Gasteiger partial charge in [0.2, 0.25) is 0 Å². The number of benzene rings is 2. The topological polar surface area (TPSA) is 77.8 Å². The molecule has 1 heterocycles. The van der Waals surface area contributed by atoms with Crippen LogP contribution in [0.1, 0.15) is 20.7 Å². The summed E-state index contributed by atoms with van der Waals surface area (Å²) in [6.45, 7) is 0.384. The van der Waals surface area contributed by atoms with E-state index in [0.717, 1.165) is 17.2 Å². The Morgan fingerprint density at radius 3 is 2.62 bits per heavy atom. The molecule has 0 radical (unpaired) electrons. The van der Waals surface area contributed by atoms with E-state index in [9.17, 15) is 14.7 Å². The Kier molecular flexibility index (Phi) is 5.34. The number of nitrogens with zero attached hydrogens (tertiary/aromatic N) is 1. The molecular formula is C20H19NO5. The van der Waals surface area contributed by atoms with Gasteiger partial charge in [0.25, 0.3) is 0 Å². The van der Waals surface area contributed by atoms with E-state index in [2.05, 4.69) is 4.74 Å². The number of hydrogen-bond donors (Lipinski definition) is 1. The molecule has 3 aromatic rings. The maximum absolute atomic E-state index is 11.4. The minimum atomic E-state index is -0.759. The molecule has 3 rings (SSSR count). The van der Waals surface area contributed by atoms with Crippen LogP contribution in [0.4, 0.5) is 0 Å². The minimum absolute atomic E-state index is 0.0838. The van der Waals surface area contributed by atoms with Gasteiger partial charge in [-0.2, -0.15) is 0 Å². The van der Waals surface area contributed by atoms with Crippen LogP contribution in [0.2, 0.25) is 0 Å². The predicted molar refractivity (Wildman–Crippen MR) is 96.6 cm³/mol. The maximum Gasteiger partial charge on any atom is 0.337 e. The molecule has 1 atom stereocenters. The molecule has 0 aliphatic rings. The van der Waals surface area contributed by atoms with Crippen LogP contribution in [0.25, 0.3) is 10.9 Å². The van der Waals surface area contributed by atoms with E-state index in [1.807, 2.05) is 28.8 Å². The number of carbonyl (C=O) groups excluding carboxylic acids is 2. The van der Waals surface area contributed by atoms with Crippen molar-refractivity contribution >= 4 is 23.2 Å². The van der Waals surface area contributed by atoms with Crippen LogP contribution in [0.5, 0.6) is 5.75 Å². The zero-order chi connectivity index (χ0) is 18.5. The summed E-state index contributed by atoms with van der Waals surface area (Å²) in [4.78, 5) is 22.6. The maximum atomic E-state index is 11.4. The number of esters is 1. The zero-order valence-electron chi connectivity index (χ0n) is 14.3. The summed E-state index contributed by atoms with van der Waals surface area (Å²) in [5, 5.41) is 11.1. The fraction of sp³-hybridized carbons (Fsp3) is 0.200. The lowest BCUT2D eigenvalue weighted by molar-refractivity contribution is 0.0600. The lowest BCUT2D eigenvalue weighted by Gasteiger charge is -2.14. The number of methoxy groups -OCH3 is 1. The number of aliphatic hydroxyl groups is 1. The molecule has 6 heteroatoms. The molecule has 134 valence electrons. The summed E-state index contributed by atoms with van der Waals surface area (Å²) in [6, 6.07) is 14.0. The standard InChI is InChI=1S/C20H19NO5/c1-25-20(24)14-6-8-17(9-7-14)26-13-16(23)11-21-10-15(12-22)18-4-2-3-5-19(18)21/h2-10,12,16,23H,11,13H2,1H3. The van der Waals surface area contributed by atoms with E-state index in [1.54, 1.807) is 30.5 Å². The number of carbonyl (C=O) groups is 2. The van der Waals surface area contributed by atoms with E-state index >= 15 is 0 Å². The number of aromatic nitrogens is 1. The highest BCUT2D eigenvalue weighted by Crippen LogP contribution is 2.20. The molecule has 0 spiro atoms. The van der Waals surface area contributed by atoms with Gasteiger partial charge in [-0.3, -0.25) is 4.79 Å². The first kappa shape index (κ1) is 17.7. The molecule has 2 aromatic carbocycles. The molecule has 6 nitrogen and oxygen atoms in total. The molecule has 0 aliphatic heterocycles. The van der Waals surface area contributed by atoms with E-state index in [-0.39, 0.29) is 6.61 Å². The Hall–Kier alpha value is -3.12. The van der Waals surface area contributed by atoms with Gasteiger partial charge in [0.15, 0.2) is 6.29 Å². The van der Waals surface area contributed by atoms with Crippen LogP contribution < -0.4 is 4.74 Å². The second kappa shape index (κ2) is 7.84. The number of fused-ring (bicyclic) bond motifs is 1. The van der Waals surface area contributed by atoms with Gasteiger partial charge < -0.3 is 19.1 Å². The van der Waals surface area contributed by atoms with Crippen LogP contribution in [0.3, 0.4) is 0 Å². The molecule has 0 amide bonds. The Balaban J connectivity index is 1.63. The van der Waals surface area contributed by atoms with Gasteiger partial charge in [0.05, 0.1) is 19.2 Å². The predicted octanol–water partition coefficient (Wildman–Crippen LogP) is 2.68. The van der Waals surface area contributed by atoms with Gasteiger partial charge in [0, 0.05) is 22.7 Å². The number of rotatable bonds is 7. The molecular weight excluding hydrogens is 334 g/mol. The van der Waals surface area contributed by atoms with Gasteiger partial charge in [-0.25, -0.2) is 4.79 Å². The van der Waals surface area contributed by atoms with Crippen LogP contribution >= 0.6 is 0 Å². The molecule has 0 saturated carbocycles. The quantitative estimate of drug-likeness (QED) is 0.522. The largest absolute Gasteiger partial charge is 0.491 e. The molecule has 0 saturated heterocycles. The number of aliphatic hydroxyl groups excluding tert-OH is 1. The first-order chi connectivity index (χ1) is 12.6. The van der Waals surface area contributed by atoms with Crippen molar-refractivity contribution in [2.45, 2.75) is 12.6 Å². The summed E-state index contributed by atoms with van der Waals surface area (Å²) in [7, 11) is 1.32. The van der Waals surface area contributed by atoms with E-state index in [1.165, 1.54) is 7.11 Å². The number of aldehydes is 1. The van der Waals surface area contributed by atoms with Crippen LogP contribution in [-0.4, -0.2) is 41.7 Å². The van der Waals surface area contributed by atoms with Gasteiger partial charge in [-0.15, -0.1) is 0 Å². The molecule has 0 bridgehead atoms. The Morgan fingerprint density at radius 1 is 1.19 bits per heavy atom. The van der Waals surface area contributed by atoms with E-state index in [0.29, 0.717) is 23.4 Å². The van der Waals surface area contributed by atoms with Crippen molar-refractivity contribution in [3.63, 3.8) is 0 Å². The van der Waals surface area contributed by atoms with Gasteiger partial charge in [0.1, 0.15) is 18.5 Å². The van der Waals surface area contributed by atoms with E-state index in [4.69, 9.17) is 4.74 Å². The lowest BCUT2D eigenvalue weighted by Crippen LogP contribution is -2.23. The Labute approximate surface area is 150 Å². The molecule has 1 unspecified atom stereocenters. The highest BCUT2D eigenvalue weighted by molar-refractivity contribution is 5.97. The fourth-order valence-electron chi connectivity index (χ4n) is 2.80. The summed E-state index contributed by atoms with van der Waals surface area (Å²) in [6.07, 6.45) is 1.78. The second-order valence-corrected chi connectivity index (χ2v) is 5.85. The summed E-state index contributed by atoms with van der Waals surface area (Å²) < 4.78 is 12.0. The van der Waals surface area contributed by atoms with Crippen molar-refractivity contribution in [3.8, 4) is 5.75 Å². The van der Waals surface area contributed by atoms with Crippen LogP contribution in [0, 0.1) is 0 Å². The molecule has 1 N–H and O–H groups in total. The fourth-order valence-corrected chi connectivity index (χ4v) is 2.80. The normalized spacial score (nSPS) is 11.9. The first-order valence-electron chi connectivity index (χ1n) is 8.14. The van der Waals surface area contributed by atoms with Crippen LogP contribution in [-0.2, 0) is 11.3 Å². The average Bonchev–Trinajstić information content (AvgIpc) is 3.04. The van der Waals surface area contributed by atoms with Crippen molar-refractivity contribution in [2.75, 3.05) is 13.7 Å². The van der Waals surface area contributed by atoms with Crippen molar-refractivity contribution in [2.24, 2.45) is 0 Å². The summed E-state index contributed by atoms with van der Waals surface area (Å²) in [5.41, 5.74) is 1.91. The smallest absolute Gasteiger partial charge is 0.337 e. The second-order valence-electron chi connectivity index (χ2n) is 5.85. The monoisotopic (exact) mass is 353 g/mol. The highest BCUT2D eigenvalue weighted by Gasteiger charge is 2.12. The number of hydrogen-bond acceptors (Lipinski definition) is 5. The third kappa shape index (κ3) is 3.75. The molecule has 1 aromatic heterocycles. The van der Waals surface area contributed by atoms with Gasteiger partial charge >= 0.3 is 5.97 Å². The first-order valence-corrected chi connectivity index (χ1v) is 8.14. The molecule has 0 aliphatic carbocycles. The van der Waals surface area contributed by atoms with Gasteiger partial charge in [-0.05, 0) is 30.3 Å². The molecule has 0 fully saturated rings. The van der Waals surface area contributed by atoms with Gasteiger partial charge in [-0.1, -0.05) is 18.2 Å².